The SMILES string of the molecule is CCNc1cncc(OC2CCCCC2)n1. The monoisotopic (exact) mass is 221 g/mol. The summed E-state index contributed by atoms with van der Waals surface area (Å²) in [6.45, 7) is 2.89. The number of rotatable bonds is 4. The van der Waals surface area contributed by atoms with Gasteiger partial charge >= 0.3 is 0 Å². The number of hydrogen-bond acceptors (Lipinski definition) is 4. The molecule has 0 radical (unpaired) electrons. The van der Waals surface area contributed by atoms with Crippen LogP contribution in [0.4, 0.5) is 5.82 Å². The second-order valence-electron chi connectivity index (χ2n) is 4.15. The Morgan fingerprint density at radius 2 is 2.12 bits per heavy atom. The van der Waals surface area contributed by atoms with Crippen LogP contribution in [0.15, 0.2) is 12.4 Å². The molecule has 1 aromatic heterocycles. The molecule has 1 saturated carbocycles. The summed E-state index contributed by atoms with van der Waals surface area (Å²) in [6, 6.07) is 0. The van der Waals surface area contributed by atoms with Gasteiger partial charge in [0.05, 0.1) is 12.4 Å². The van der Waals surface area contributed by atoms with E-state index in [4.69, 9.17) is 4.74 Å². The van der Waals surface area contributed by atoms with Crippen LogP contribution in [0.2, 0.25) is 0 Å². The fourth-order valence-corrected chi connectivity index (χ4v) is 2.02. The van der Waals surface area contributed by atoms with Gasteiger partial charge in [-0.25, -0.2) is 0 Å². The van der Waals surface area contributed by atoms with Gasteiger partial charge < -0.3 is 10.1 Å². The molecule has 0 aromatic carbocycles. The van der Waals surface area contributed by atoms with Crippen LogP contribution in [0.5, 0.6) is 5.88 Å². The first-order chi connectivity index (χ1) is 7.88. The molecule has 1 aromatic rings. The maximum atomic E-state index is 5.83. The lowest BCUT2D eigenvalue weighted by Crippen LogP contribution is -2.20. The summed E-state index contributed by atoms with van der Waals surface area (Å²) in [7, 11) is 0. The molecular formula is C12H19N3O. The molecule has 0 amide bonds. The molecule has 4 heteroatoms. The fourth-order valence-electron chi connectivity index (χ4n) is 2.02. The molecule has 88 valence electrons. The zero-order valence-electron chi connectivity index (χ0n) is 9.78. The van der Waals surface area contributed by atoms with Gasteiger partial charge in [-0.1, -0.05) is 6.42 Å². The third kappa shape index (κ3) is 3.08. The molecule has 0 saturated heterocycles. The average Bonchev–Trinajstić information content (AvgIpc) is 2.31. The number of aromatic nitrogens is 2. The largest absolute Gasteiger partial charge is 0.473 e. The van der Waals surface area contributed by atoms with Crippen molar-refractivity contribution in [3.63, 3.8) is 0 Å². The summed E-state index contributed by atoms with van der Waals surface area (Å²) in [5.74, 6) is 1.43. The minimum absolute atomic E-state index is 0.333. The van der Waals surface area contributed by atoms with Gasteiger partial charge in [-0.3, -0.25) is 4.98 Å². The molecule has 0 aliphatic heterocycles. The average molecular weight is 221 g/mol. The Morgan fingerprint density at radius 3 is 2.88 bits per heavy atom. The van der Waals surface area contributed by atoms with Gasteiger partial charge in [-0.15, -0.1) is 0 Å². The Labute approximate surface area is 96.4 Å². The van der Waals surface area contributed by atoms with E-state index in [-0.39, 0.29) is 0 Å². The van der Waals surface area contributed by atoms with Gasteiger partial charge in [0.15, 0.2) is 0 Å². The van der Waals surface area contributed by atoms with Crippen LogP contribution >= 0.6 is 0 Å². The van der Waals surface area contributed by atoms with Gasteiger partial charge in [0, 0.05) is 6.54 Å². The van der Waals surface area contributed by atoms with Crippen molar-refractivity contribution in [2.45, 2.75) is 45.1 Å². The second kappa shape index (κ2) is 5.68. The summed E-state index contributed by atoms with van der Waals surface area (Å²) in [5, 5.41) is 3.13. The highest BCUT2D eigenvalue weighted by molar-refractivity contribution is 5.32. The summed E-state index contributed by atoms with van der Waals surface area (Å²) >= 11 is 0. The van der Waals surface area contributed by atoms with Crippen LogP contribution in [-0.4, -0.2) is 22.6 Å². The number of nitrogens with zero attached hydrogens (tertiary/aromatic N) is 2. The fraction of sp³-hybridized carbons (Fsp3) is 0.667. The van der Waals surface area contributed by atoms with Gasteiger partial charge in [0.25, 0.3) is 0 Å². The van der Waals surface area contributed by atoms with E-state index in [1.54, 1.807) is 12.4 Å². The Balaban J connectivity index is 1.94. The Hall–Kier alpha value is -1.32. The summed E-state index contributed by atoms with van der Waals surface area (Å²) in [4.78, 5) is 8.48. The topological polar surface area (TPSA) is 47.0 Å². The summed E-state index contributed by atoms with van der Waals surface area (Å²) in [5.41, 5.74) is 0. The quantitative estimate of drug-likeness (QED) is 0.849. The standard InChI is InChI=1S/C12H19N3O/c1-2-14-11-8-13-9-12(15-11)16-10-6-4-3-5-7-10/h8-10H,2-7H2,1H3,(H,14,15). The van der Waals surface area contributed by atoms with Crippen LogP contribution in [0.3, 0.4) is 0 Å². The van der Waals surface area contributed by atoms with Crippen molar-refractivity contribution < 1.29 is 4.74 Å². The molecule has 1 aliphatic rings. The van der Waals surface area contributed by atoms with Gasteiger partial charge in [0.1, 0.15) is 11.9 Å². The molecule has 16 heavy (non-hydrogen) atoms. The third-order valence-electron chi connectivity index (χ3n) is 2.81. The van der Waals surface area contributed by atoms with Gasteiger partial charge in [-0.05, 0) is 32.6 Å². The third-order valence-corrected chi connectivity index (χ3v) is 2.81. The van der Waals surface area contributed by atoms with E-state index in [0.717, 1.165) is 25.2 Å². The Kier molecular flexibility index (Phi) is 3.97. The first-order valence-electron chi connectivity index (χ1n) is 6.11. The van der Waals surface area contributed by atoms with Crippen molar-refractivity contribution in [1.29, 1.82) is 0 Å². The molecule has 1 N–H and O–H groups in total. The number of anilines is 1. The maximum absolute atomic E-state index is 5.83. The molecule has 0 bridgehead atoms. The lowest BCUT2D eigenvalue weighted by atomic mass is 9.98. The van der Waals surface area contributed by atoms with Crippen molar-refractivity contribution in [2.24, 2.45) is 0 Å². The highest BCUT2D eigenvalue weighted by Crippen LogP contribution is 2.22. The van der Waals surface area contributed by atoms with Crippen LogP contribution in [-0.2, 0) is 0 Å². The Bertz CT molecular complexity index is 324. The molecule has 1 aliphatic carbocycles. The molecule has 1 heterocycles. The summed E-state index contributed by atoms with van der Waals surface area (Å²) in [6.07, 6.45) is 9.91. The van der Waals surface area contributed by atoms with E-state index >= 15 is 0 Å². The van der Waals surface area contributed by atoms with Crippen LogP contribution in [0, 0.1) is 0 Å². The lowest BCUT2D eigenvalue weighted by Gasteiger charge is -2.22. The van der Waals surface area contributed by atoms with Crippen molar-refractivity contribution in [3.05, 3.63) is 12.4 Å². The van der Waals surface area contributed by atoms with E-state index in [1.807, 2.05) is 6.92 Å². The van der Waals surface area contributed by atoms with Gasteiger partial charge in [0.2, 0.25) is 5.88 Å². The second-order valence-corrected chi connectivity index (χ2v) is 4.15. The predicted molar refractivity (Wildman–Crippen MR) is 63.7 cm³/mol. The van der Waals surface area contributed by atoms with Crippen LogP contribution < -0.4 is 10.1 Å². The van der Waals surface area contributed by atoms with E-state index in [0.29, 0.717) is 12.0 Å². The van der Waals surface area contributed by atoms with Crippen molar-refractivity contribution in [2.75, 3.05) is 11.9 Å². The van der Waals surface area contributed by atoms with Crippen LogP contribution in [0.1, 0.15) is 39.0 Å². The highest BCUT2D eigenvalue weighted by Gasteiger charge is 2.15. The first kappa shape index (κ1) is 11.2. The van der Waals surface area contributed by atoms with E-state index in [2.05, 4.69) is 15.3 Å². The highest BCUT2D eigenvalue weighted by atomic mass is 16.5. The predicted octanol–water partition coefficient (Wildman–Crippen LogP) is 2.62. The molecule has 2 rings (SSSR count). The normalized spacial score (nSPS) is 17.1. The zero-order chi connectivity index (χ0) is 11.2. The van der Waals surface area contributed by atoms with Crippen molar-refractivity contribution in [1.82, 2.24) is 9.97 Å². The molecule has 0 atom stereocenters. The van der Waals surface area contributed by atoms with Gasteiger partial charge in [-0.2, -0.15) is 4.98 Å². The van der Waals surface area contributed by atoms with Crippen LogP contribution in [0.25, 0.3) is 0 Å². The molecule has 4 nitrogen and oxygen atoms in total. The van der Waals surface area contributed by atoms with E-state index in [1.165, 1.54) is 19.3 Å². The minimum Gasteiger partial charge on any atom is -0.473 e. The number of ether oxygens (including phenoxy) is 1. The molecular weight excluding hydrogens is 202 g/mol. The Morgan fingerprint density at radius 1 is 1.31 bits per heavy atom. The smallest absolute Gasteiger partial charge is 0.234 e. The van der Waals surface area contributed by atoms with Crippen molar-refractivity contribution in [3.8, 4) is 5.88 Å². The molecule has 0 spiro atoms. The lowest BCUT2D eigenvalue weighted by molar-refractivity contribution is 0.148. The minimum atomic E-state index is 0.333. The first-order valence-corrected chi connectivity index (χ1v) is 6.11. The molecule has 0 unspecified atom stereocenters. The van der Waals surface area contributed by atoms with E-state index < -0.39 is 0 Å². The number of hydrogen-bond donors (Lipinski definition) is 1. The maximum Gasteiger partial charge on any atom is 0.234 e. The number of nitrogens with one attached hydrogen (secondary N) is 1. The van der Waals surface area contributed by atoms with Crippen molar-refractivity contribution >= 4 is 5.82 Å². The van der Waals surface area contributed by atoms with E-state index in [9.17, 15) is 0 Å². The zero-order valence-corrected chi connectivity index (χ0v) is 9.78. The summed E-state index contributed by atoms with van der Waals surface area (Å²) < 4.78 is 5.83. The molecule has 1 fully saturated rings.